The number of carbonyl (C=O) groups is 2. The van der Waals surface area contributed by atoms with Crippen LogP contribution in [0, 0.1) is 13.8 Å². The minimum atomic E-state index is -3.07. The highest BCUT2D eigenvalue weighted by Gasteiger charge is 2.34. The summed E-state index contributed by atoms with van der Waals surface area (Å²) in [6.07, 6.45) is -0.416. The highest BCUT2D eigenvalue weighted by molar-refractivity contribution is 7.91. The van der Waals surface area contributed by atoms with Gasteiger partial charge in [0.1, 0.15) is 0 Å². The van der Waals surface area contributed by atoms with Crippen LogP contribution < -0.4 is 0 Å². The standard InChI is InChI=1S/C18H25NO5S/c1-12-5-6-15(9-13(12)2)10-17(20)24-14(3)18(21)19(4)16-7-8-25(22,23)11-16/h5-6,9,14,16H,7-8,10-11H2,1-4H3/t14-,16-/m1/s1. The Morgan fingerprint density at radius 2 is 1.96 bits per heavy atom. The lowest BCUT2D eigenvalue weighted by atomic mass is 10.0. The second-order valence-electron chi connectivity index (χ2n) is 6.73. The maximum atomic E-state index is 12.4. The van der Waals surface area contributed by atoms with Crippen LogP contribution in [0.25, 0.3) is 0 Å². The van der Waals surface area contributed by atoms with E-state index in [9.17, 15) is 18.0 Å². The molecule has 0 radical (unpaired) electrons. The van der Waals surface area contributed by atoms with Gasteiger partial charge < -0.3 is 9.64 Å². The Hall–Kier alpha value is -1.89. The van der Waals surface area contributed by atoms with Crippen molar-refractivity contribution in [1.82, 2.24) is 4.90 Å². The molecule has 7 heteroatoms. The zero-order valence-corrected chi connectivity index (χ0v) is 15.9. The number of nitrogens with zero attached hydrogens (tertiary/aromatic N) is 1. The number of sulfone groups is 1. The molecule has 1 heterocycles. The third-order valence-electron chi connectivity index (χ3n) is 4.68. The number of hydrogen-bond acceptors (Lipinski definition) is 5. The van der Waals surface area contributed by atoms with Crippen molar-refractivity contribution in [2.24, 2.45) is 0 Å². The summed E-state index contributed by atoms with van der Waals surface area (Å²) < 4.78 is 28.3. The first-order chi connectivity index (χ1) is 11.6. The average Bonchev–Trinajstić information content (AvgIpc) is 2.89. The SMILES string of the molecule is Cc1ccc(CC(=O)O[C@H](C)C(=O)N(C)[C@@H]2CCS(=O)(=O)C2)cc1C. The van der Waals surface area contributed by atoms with Gasteiger partial charge in [-0.3, -0.25) is 9.59 Å². The normalized spacial score (nSPS) is 20.1. The lowest BCUT2D eigenvalue weighted by molar-refractivity contribution is -0.158. The topological polar surface area (TPSA) is 80.8 Å². The third-order valence-corrected chi connectivity index (χ3v) is 6.43. The lowest BCUT2D eigenvalue weighted by Gasteiger charge is -2.26. The smallest absolute Gasteiger partial charge is 0.311 e. The number of benzene rings is 1. The van der Waals surface area contributed by atoms with E-state index in [-0.39, 0.29) is 29.9 Å². The third kappa shape index (κ3) is 5.04. The first-order valence-corrected chi connectivity index (χ1v) is 10.1. The minimum Gasteiger partial charge on any atom is -0.452 e. The molecule has 1 aromatic rings. The monoisotopic (exact) mass is 367 g/mol. The van der Waals surface area contributed by atoms with Crippen molar-refractivity contribution in [3.8, 4) is 0 Å². The van der Waals surface area contributed by atoms with Gasteiger partial charge in [0.2, 0.25) is 0 Å². The quantitative estimate of drug-likeness (QED) is 0.736. The molecule has 0 spiro atoms. The summed E-state index contributed by atoms with van der Waals surface area (Å²) in [5, 5.41) is 0. The number of carbonyl (C=O) groups excluding carboxylic acids is 2. The molecule has 0 aliphatic carbocycles. The Bertz CT molecular complexity index is 772. The van der Waals surface area contributed by atoms with Crippen molar-refractivity contribution in [3.63, 3.8) is 0 Å². The van der Waals surface area contributed by atoms with E-state index in [2.05, 4.69) is 0 Å². The van der Waals surface area contributed by atoms with Gasteiger partial charge in [-0.25, -0.2) is 8.42 Å². The number of ether oxygens (including phenoxy) is 1. The van der Waals surface area contributed by atoms with Crippen LogP contribution in [0.15, 0.2) is 18.2 Å². The largest absolute Gasteiger partial charge is 0.452 e. The first kappa shape index (κ1) is 19.4. The second kappa shape index (κ2) is 7.56. The number of hydrogen-bond donors (Lipinski definition) is 0. The number of aryl methyl sites for hydroxylation is 2. The van der Waals surface area contributed by atoms with E-state index in [0.29, 0.717) is 6.42 Å². The number of rotatable bonds is 5. The molecular formula is C18H25NO5S. The molecule has 1 amide bonds. The Balaban J connectivity index is 1.91. The summed E-state index contributed by atoms with van der Waals surface area (Å²) in [5.74, 6) is -0.790. The van der Waals surface area contributed by atoms with Gasteiger partial charge in [0, 0.05) is 13.1 Å². The first-order valence-electron chi connectivity index (χ1n) is 8.32. The van der Waals surface area contributed by atoms with E-state index < -0.39 is 21.9 Å². The van der Waals surface area contributed by atoms with E-state index >= 15 is 0 Å². The molecule has 1 saturated heterocycles. The Labute approximate surface area is 149 Å². The molecule has 0 saturated carbocycles. The summed E-state index contributed by atoms with van der Waals surface area (Å²) in [4.78, 5) is 25.9. The Kier molecular flexibility index (Phi) is 5.87. The molecule has 2 rings (SSSR count). The van der Waals surface area contributed by atoms with Crippen molar-refractivity contribution in [3.05, 3.63) is 34.9 Å². The summed E-state index contributed by atoms with van der Waals surface area (Å²) in [7, 11) is -1.52. The fourth-order valence-corrected chi connectivity index (χ4v) is 4.69. The predicted molar refractivity (Wildman–Crippen MR) is 95.0 cm³/mol. The van der Waals surface area contributed by atoms with E-state index in [1.807, 2.05) is 32.0 Å². The zero-order chi connectivity index (χ0) is 18.8. The highest BCUT2D eigenvalue weighted by Crippen LogP contribution is 2.18. The summed E-state index contributed by atoms with van der Waals surface area (Å²) in [6, 6.07) is 5.39. The molecule has 2 atom stereocenters. The van der Waals surface area contributed by atoms with E-state index in [1.54, 1.807) is 7.05 Å². The fraction of sp³-hybridized carbons (Fsp3) is 0.556. The van der Waals surface area contributed by atoms with Crippen LogP contribution in [0.3, 0.4) is 0 Å². The minimum absolute atomic E-state index is 0.0292. The van der Waals surface area contributed by atoms with Crippen LogP contribution in [0.2, 0.25) is 0 Å². The molecule has 0 N–H and O–H groups in total. The molecule has 0 unspecified atom stereocenters. The molecule has 6 nitrogen and oxygen atoms in total. The second-order valence-corrected chi connectivity index (χ2v) is 8.96. The molecule has 0 bridgehead atoms. The van der Waals surface area contributed by atoms with Crippen LogP contribution in [-0.2, 0) is 30.6 Å². The van der Waals surface area contributed by atoms with Crippen molar-refractivity contribution < 1.29 is 22.7 Å². The van der Waals surface area contributed by atoms with Crippen LogP contribution in [0.5, 0.6) is 0 Å². The molecule has 1 aliphatic rings. The summed E-state index contributed by atoms with van der Waals surface area (Å²) in [5.41, 5.74) is 3.08. The number of esters is 1. The average molecular weight is 367 g/mol. The van der Waals surface area contributed by atoms with Gasteiger partial charge in [-0.2, -0.15) is 0 Å². The van der Waals surface area contributed by atoms with Crippen molar-refractivity contribution in [2.75, 3.05) is 18.6 Å². The van der Waals surface area contributed by atoms with E-state index in [4.69, 9.17) is 4.74 Å². The van der Waals surface area contributed by atoms with Crippen LogP contribution in [0.1, 0.15) is 30.0 Å². The predicted octanol–water partition coefficient (Wildman–Crippen LogP) is 1.42. The van der Waals surface area contributed by atoms with Gasteiger partial charge in [0.25, 0.3) is 5.91 Å². The van der Waals surface area contributed by atoms with Crippen molar-refractivity contribution >= 4 is 21.7 Å². The van der Waals surface area contributed by atoms with Gasteiger partial charge in [0.15, 0.2) is 15.9 Å². The van der Waals surface area contributed by atoms with Crippen molar-refractivity contribution in [2.45, 2.75) is 45.8 Å². The Morgan fingerprint density at radius 1 is 1.28 bits per heavy atom. The number of amides is 1. The molecule has 138 valence electrons. The van der Waals surface area contributed by atoms with Gasteiger partial charge in [-0.05, 0) is 43.9 Å². The summed E-state index contributed by atoms with van der Waals surface area (Å²) >= 11 is 0. The van der Waals surface area contributed by atoms with Crippen LogP contribution in [0.4, 0.5) is 0 Å². The lowest BCUT2D eigenvalue weighted by Crippen LogP contribution is -2.44. The molecule has 1 fully saturated rings. The maximum Gasteiger partial charge on any atom is 0.311 e. The van der Waals surface area contributed by atoms with Gasteiger partial charge >= 0.3 is 5.97 Å². The maximum absolute atomic E-state index is 12.4. The molecule has 1 aliphatic heterocycles. The van der Waals surface area contributed by atoms with E-state index in [1.165, 1.54) is 11.8 Å². The molecule has 25 heavy (non-hydrogen) atoms. The molecule has 0 aromatic heterocycles. The molecule has 1 aromatic carbocycles. The zero-order valence-electron chi connectivity index (χ0n) is 15.1. The van der Waals surface area contributed by atoms with Crippen molar-refractivity contribution in [1.29, 1.82) is 0 Å². The van der Waals surface area contributed by atoms with Crippen LogP contribution >= 0.6 is 0 Å². The van der Waals surface area contributed by atoms with Gasteiger partial charge in [0.05, 0.1) is 17.9 Å². The highest BCUT2D eigenvalue weighted by atomic mass is 32.2. The molecular weight excluding hydrogens is 342 g/mol. The van der Waals surface area contributed by atoms with Gasteiger partial charge in [-0.1, -0.05) is 18.2 Å². The Morgan fingerprint density at radius 3 is 2.52 bits per heavy atom. The van der Waals surface area contributed by atoms with Gasteiger partial charge in [-0.15, -0.1) is 0 Å². The fourth-order valence-electron chi connectivity index (χ4n) is 2.92. The van der Waals surface area contributed by atoms with E-state index in [0.717, 1.165) is 16.7 Å². The summed E-state index contributed by atoms with van der Waals surface area (Å²) in [6.45, 7) is 5.48. The van der Waals surface area contributed by atoms with Crippen LogP contribution in [-0.4, -0.2) is 55.9 Å². The number of likely N-dealkylation sites (N-methyl/N-ethyl adjacent to an activating group) is 1.